The van der Waals surface area contributed by atoms with E-state index in [1.165, 1.54) is 0 Å². The van der Waals surface area contributed by atoms with Crippen molar-refractivity contribution in [1.29, 1.82) is 0 Å². The zero-order valence-corrected chi connectivity index (χ0v) is 35.4. The van der Waals surface area contributed by atoms with Gasteiger partial charge in [-0.25, -0.2) is 22.7 Å². The number of piperazine rings is 1. The number of nitrogens with zero attached hydrogens (tertiary/aromatic N) is 7. The zero-order valence-electron chi connectivity index (χ0n) is 34.6. The van der Waals surface area contributed by atoms with Crippen LogP contribution >= 0.6 is 0 Å². The summed E-state index contributed by atoms with van der Waals surface area (Å²) in [6.45, 7) is 2.21. The third-order valence-electron chi connectivity index (χ3n) is 12.8. The van der Waals surface area contributed by atoms with Crippen LogP contribution in [0.2, 0.25) is 0 Å². The Hall–Kier alpha value is -5.57. The maximum atomic E-state index is 15.1. The monoisotopic (exact) mass is 847 g/mol. The molecular formula is C46H53N7O7S. The van der Waals surface area contributed by atoms with Gasteiger partial charge in [-0.3, -0.25) is 19.4 Å². The molecule has 0 bridgehead atoms. The largest absolute Gasteiger partial charge is 0.497 e. The number of aromatic nitrogens is 3. The minimum Gasteiger partial charge on any atom is -0.497 e. The lowest BCUT2D eigenvalue weighted by Crippen LogP contribution is -2.53. The lowest BCUT2D eigenvalue weighted by molar-refractivity contribution is -0.146. The zero-order chi connectivity index (χ0) is 42.1. The predicted molar refractivity (Wildman–Crippen MR) is 230 cm³/mol. The van der Waals surface area contributed by atoms with Crippen LogP contribution in [0.5, 0.6) is 11.5 Å². The summed E-state index contributed by atoms with van der Waals surface area (Å²) in [5, 5.41) is 0.133. The fourth-order valence-electron chi connectivity index (χ4n) is 9.15. The van der Waals surface area contributed by atoms with Crippen molar-refractivity contribution in [3.63, 3.8) is 0 Å². The van der Waals surface area contributed by atoms with Gasteiger partial charge in [-0.15, -0.1) is 0 Å². The van der Waals surface area contributed by atoms with Gasteiger partial charge in [-0.2, -0.15) is 0 Å². The first kappa shape index (κ1) is 40.8. The van der Waals surface area contributed by atoms with Gasteiger partial charge < -0.3 is 24.2 Å². The van der Waals surface area contributed by atoms with Gasteiger partial charge in [0.15, 0.2) is 0 Å². The number of hydrogen-bond donors (Lipinski definition) is 0. The van der Waals surface area contributed by atoms with Crippen molar-refractivity contribution in [1.82, 2.24) is 29.1 Å². The number of benzene rings is 2. The summed E-state index contributed by atoms with van der Waals surface area (Å²) in [6, 6.07) is 15.6. The number of amides is 3. The third-order valence-corrected chi connectivity index (χ3v) is 15.1. The molecule has 14 nitrogen and oxygen atoms in total. The molecule has 2 saturated carbocycles. The van der Waals surface area contributed by atoms with Crippen molar-refractivity contribution < 1.29 is 32.3 Å². The molecule has 3 aliphatic heterocycles. The Kier molecular flexibility index (Phi) is 11.7. The lowest BCUT2D eigenvalue weighted by Gasteiger charge is -2.36. The van der Waals surface area contributed by atoms with Crippen LogP contribution in [-0.2, 0) is 24.4 Å². The van der Waals surface area contributed by atoms with E-state index in [-0.39, 0.29) is 37.1 Å². The smallest absolute Gasteiger partial charge is 0.259 e. The Labute approximate surface area is 357 Å². The van der Waals surface area contributed by atoms with E-state index in [0.717, 1.165) is 46.8 Å². The van der Waals surface area contributed by atoms with Crippen molar-refractivity contribution in [3.8, 4) is 22.8 Å². The van der Waals surface area contributed by atoms with Crippen LogP contribution in [0.1, 0.15) is 64.2 Å². The number of anilines is 1. The van der Waals surface area contributed by atoms with Gasteiger partial charge in [-0.05, 0) is 50.7 Å². The summed E-state index contributed by atoms with van der Waals surface area (Å²) >= 11 is 0. The van der Waals surface area contributed by atoms with E-state index in [0.29, 0.717) is 74.6 Å². The Morgan fingerprint density at radius 2 is 1.72 bits per heavy atom. The molecule has 2 aromatic carbocycles. The summed E-state index contributed by atoms with van der Waals surface area (Å²) in [5.74, 6) is 0.167. The van der Waals surface area contributed by atoms with E-state index in [1.807, 2.05) is 59.5 Å². The molecule has 5 unspecified atom stereocenters. The summed E-state index contributed by atoms with van der Waals surface area (Å²) < 4.78 is 41.9. The number of ether oxygens (including phenoxy) is 2. The highest BCUT2D eigenvalue weighted by molar-refractivity contribution is 7.90. The molecule has 0 radical (unpaired) electrons. The number of rotatable bonds is 9. The summed E-state index contributed by atoms with van der Waals surface area (Å²) in [4.78, 5) is 63.2. The molecule has 4 fully saturated rings. The standard InChI is InChI=1S/C46H53N7O7S/c1-59-34-14-17-37-39(26-34)49-38(31-10-8-5-9-11-31)28-42(37)60-35-27-41-46(56)53(61(57,58)36-15-16-36)40-24-32(40)12-6-3-2-4-7-13-33(45(55)52(41)30-35)25-44(54)51-22-20-50(21-23-51)43-29-47-18-19-48-43/h5-6,8-12,14,17-19,26,28-29,32-33,35-36,40-41H,2-4,7,13,15-16,20-25,27,30H2,1H3. The summed E-state index contributed by atoms with van der Waals surface area (Å²) in [6.07, 6.45) is 14.0. The van der Waals surface area contributed by atoms with Crippen LogP contribution in [0.4, 0.5) is 5.82 Å². The molecule has 2 aliphatic carbocycles. The fourth-order valence-corrected chi connectivity index (χ4v) is 11.2. The first-order chi connectivity index (χ1) is 29.7. The van der Waals surface area contributed by atoms with Gasteiger partial charge in [0.2, 0.25) is 21.8 Å². The molecule has 5 heterocycles. The molecule has 5 aliphatic rings. The number of sulfonamides is 1. The average Bonchev–Trinajstić information content (AvgIpc) is 4.23. The maximum Gasteiger partial charge on any atom is 0.259 e. The van der Waals surface area contributed by atoms with E-state index in [1.54, 1.807) is 30.6 Å². The lowest BCUT2D eigenvalue weighted by atomic mass is 9.94. The fraction of sp³-hybridized carbons (Fsp3) is 0.478. The normalized spacial score (nSPS) is 25.1. The van der Waals surface area contributed by atoms with E-state index in [2.05, 4.69) is 27.0 Å². The maximum absolute atomic E-state index is 15.1. The van der Waals surface area contributed by atoms with Crippen molar-refractivity contribution in [2.45, 2.75) is 87.6 Å². The molecule has 4 aromatic rings. The summed E-state index contributed by atoms with van der Waals surface area (Å²) in [5.41, 5.74) is 2.22. The molecule has 15 heteroatoms. The van der Waals surface area contributed by atoms with E-state index < -0.39 is 45.3 Å². The number of allylic oxidation sites excluding steroid dienone is 1. The van der Waals surface area contributed by atoms with Crippen molar-refractivity contribution >= 4 is 44.5 Å². The van der Waals surface area contributed by atoms with Gasteiger partial charge in [-0.1, -0.05) is 55.3 Å². The topological polar surface area (TPSA) is 155 Å². The van der Waals surface area contributed by atoms with Crippen molar-refractivity contribution in [3.05, 3.63) is 85.3 Å². The van der Waals surface area contributed by atoms with Crippen molar-refractivity contribution in [2.75, 3.05) is 44.7 Å². The second-order valence-corrected chi connectivity index (χ2v) is 19.1. The molecule has 5 atom stereocenters. The quantitative estimate of drug-likeness (QED) is 0.193. The second-order valence-electron chi connectivity index (χ2n) is 17.0. The van der Waals surface area contributed by atoms with Crippen LogP contribution in [0.3, 0.4) is 0 Å². The molecule has 3 amide bonds. The van der Waals surface area contributed by atoms with Crippen LogP contribution in [0, 0.1) is 11.8 Å². The molecule has 61 heavy (non-hydrogen) atoms. The number of methoxy groups -OCH3 is 1. The molecule has 320 valence electrons. The Balaban J connectivity index is 1.03. The molecule has 9 rings (SSSR count). The second kappa shape index (κ2) is 17.4. The Morgan fingerprint density at radius 1 is 0.902 bits per heavy atom. The van der Waals surface area contributed by atoms with Gasteiger partial charge in [0.05, 0.1) is 42.4 Å². The van der Waals surface area contributed by atoms with E-state index >= 15 is 9.59 Å². The number of carbonyl (C=O) groups excluding carboxylic acids is 3. The minimum atomic E-state index is -3.96. The summed E-state index contributed by atoms with van der Waals surface area (Å²) in [7, 11) is -2.36. The average molecular weight is 848 g/mol. The van der Waals surface area contributed by atoms with Gasteiger partial charge >= 0.3 is 0 Å². The van der Waals surface area contributed by atoms with Gasteiger partial charge in [0, 0.05) is 86.3 Å². The number of pyridine rings is 1. The van der Waals surface area contributed by atoms with Crippen molar-refractivity contribution in [2.24, 2.45) is 11.8 Å². The number of fused-ring (bicyclic) bond motifs is 3. The van der Waals surface area contributed by atoms with Gasteiger partial charge in [0.25, 0.3) is 5.91 Å². The molecular weight excluding hydrogens is 795 g/mol. The van der Waals surface area contributed by atoms with Crippen LogP contribution < -0.4 is 14.4 Å². The first-order valence-corrected chi connectivity index (χ1v) is 23.2. The molecule has 0 spiro atoms. The molecule has 2 saturated heterocycles. The Morgan fingerprint density at radius 3 is 2.48 bits per heavy atom. The van der Waals surface area contributed by atoms with E-state index in [9.17, 15) is 13.2 Å². The van der Waals surface area contributed by atoms with Crippen LogP contribution in [0.15, 0.2) is 85.3 Å². The van der Waals surface area contributed by atoms with Crippen LogP contribution in [-0.4, -0.2) is 118 Å². The van der Waals surface area contributed by atoms with Gasteiger partial charge in [0.1, 0.15) is 29.5 Å². The SMILES string of the molecule is COc1ccc2c(OC3CC4C(=O)N(S(=O)(=O)C5CC5)C5CC5C=CCCCCCC(CC(=O)N5CCN(c6cnccn6)CC5)C(=O)N4C3)cc(-c3ccccc3)nc2c1. The number of carbonyl (C=O) groups is 3. The highest BCUT2D eigenvalue weighted by Crippen LogP contribution is 2.44. The van der Waals surface area contributed by atoms with Crippen LogP contribution in [0.25, 0.3) is 22.2 Å². The minimum absolute atomic E-state index is 0.00113. The Bertz CT molecular complexity index is 2390. The predicted octanol–water partition coefficient (Wildman–Crippen LogP) is 5.63. The molecule has 2 aromatic heterocycles. The van der Waals surface area contributed by atoms with E-state index in [4.69, 9.17) is 14.5 Å². The first-order valence-electron chi connectivity index (χ1n) is 21.7. The highest BCUT2D eigenvalue weighted by Gasteiger charge is 2.56. The number of hydrogen-bond acceptors (Lipinski definition) is 11. The highest BCUT2D eigenvalue weighted by atomic mass is 32.2. The third kappa shape index (κ3) is 8.80. The molecule has 0 N–H and O–H groups in total.